The van der Waals surface area contributed by atoms with Crippen molar-refractivity contribution in [2.45, 2.75) is 82.6 Å². The molecule has 190 valence electrons. The second-order valence-electron chi connectivity index (χ2n) is 10.1. The largest absolute Gasteiger partial charge is 0.444 e. The lowest BCUT2D eigenvalue weighted by molar-refractivity contribution is -0.0440. The maximum absolute atomic E-state index is 13.2. The number of hydrogen-bond acceptors (Lipinski definition) is 6. The molecule has 3 rings (SSSR count). The van der Waals surface area contributed by atoms with Crippen molar-refractivity contribution in [3.05, 3.63) is 29.8 Å². The number of nitrogens with one attached hydrogen (secondary N) is 1. The molecule has 1 aromatic carbocycles. The highest BCUT2D eigenvalue weighted by Crippen LogP contribution is 2.24. The number of sulfonamides is 1. The van der Waals surface area contributed by atoms with Gasteiger partial charge in [-0.05, 0) is 78.1 Å². The molecule has 2 aliphatic rings. The van der Waals surface area contributed by atoms with Crippen LogP contribution in [-0.4, -0.2) is 79.7 Å². The molecular weight excluding hydrogens is 458 g/mol. The van der Waals surface area contributed by atoms with Crippen LogP contribution in [-0.2, 0) is 19.5 Å². The van der Waals surface area contributed by atoms with Crippen molar-refractivity contribution in [1.82, 2.24) is 14.5 Å². The lowest BCUT2D eigenvalue weighted by atomic mass is 10.0. The zero-order valence-corrected chi connectivity index (χ0v) is 21.6. The molecule has 1 N–H and O–H groups in total. The number of piperidine rings is 1. The second-order valence-corrected chi connectivity index (χ2v) is 12.1. The standard InChI is InChI=1S/C24H37N3O6S/c1-17-15-26(16-18(2)32-17)34(30,31)21-11-9-19(10-12-21)22(28)27-13-7-6-8-20(27)14-25-23(29)33-24(3,4)5/h9-12,17-18,20H,6-8,13-16H2,1-5H3,(H,25,29). The summed E-state index contributed by atoms with van der Waals surface area (Å²) >= 11 is 0. The molecule has 0 bridgehead atoms. The molecule has 2 heterocycles. The molecule has 0 aliphatic carbocycles. The molecular formula is C24H37N3O6S. The van der Waals surface area contributed by atoms with Crippen molar-refractivity contribution in [3.63, 3.8) is 0 Å². The first-order valence-corrected chi connectivity index (χ1v) is 13.3. The summed E-state index contributed by atoms with van der Waals surface area (Å²) in [5, 5.41) is 2.77. The van der Waals surface area contributed by atoms with Crippen LogP contribution < -0.4 is 5.32 Å². The lowest BCUT2D eigenvalue weighted by Crippen LogP contribution is -2.50. The number of hydrogen-bond donors (Lipinski definition) is 1. The van der Waals surface area contributed by atoms with E-state index in [0.717, 1.165) is 19.3 Å². The van der Waals surface area contributed by atoms with Gasteiger partial charge in [0.25, 0.3) is 5.91 Å². The second kappa shape index (κ2) is 10.6. The van der Waals surface area contributed by atoms with E-state index < -0.39 is 21.7 Å². The molecule has 10 heteroatoms. The lowest BCUT2D eigenvalue weighted by Gasteiger charge is -2.36. The van der Waals surface area contributed by atoms with Crippen LogP contribution in [0.2, 0.25) is 0 Å². The maximum atomic E-state index is 13.2. The zero-order valence-electron chi connectivity index (χ0n) is 20.7. The van der Waals surface area contributed by atoms with Crippen molar-refractivity contribution in [2.24, 2.45) is 0 Å². The van der Waals surface area contributed by atoms with E-state index in [1.807, 2.05) is 13.8 Å². The number of carbonyl (C=O) groups is 2. The maximum Gasteiger partial charge on any atom is 0.407 e. The van der Waals surface area contributed by atoms with Gasteiger partial charge in [-0.2, -0.15) is 4.31 Å². The number of carbonyl (C=O) groups excluding carboxylic acids is 2. The molecule has 0 saturated carbocycles. The third kappa shape index (κ3) is 6.70. The van der Waals surface area contributed by atoms with Crippen LogP contribution in [0.4, 0.5) is 4.79 Å². The van der Waals surface area contributed by atoms with Crippen molar-refractivity contribution in [2.75, 3.05) is 26.2 Å². The molecule has 0 aromatic heterocycles. The van der Waals surface area contributed by atoms with Gasteiger partial charge in [-0.1, -0.05) is 0 Å². The van der Waals surface area contributed by atoms with Crippen LogP contribution in [0.25, 0.3) is 0 Å². The minimum absolute atomic E-state index is 0.145. The van der Waals surface area contributed by atoms with Crippen molar-refractivity contribution in [1.29, 1.82) is 0 Å². The van der Waals surface area contributed by atoms with Crippen molar-refractivity contribution >= 4 is 22.0 Å². The summed E-state index contributed by atoms with van der Waals surface area (Å²) in [6.45, 7) is 10.6. The molecule has 2 amide bonds. The van der Waals surface area contributed by atoms with Gasteiger partial charge >= 0.3 is 6.09 Å². The Balaban J connectivity index is 1.68. The average molecular weight is 496 g/mol. The Morgan fingerprint density at radius 1 is 1.09 bits per heavy atom. The van der Waals surface area contributed by atoms with Crippen LogP contribution in [0.3, 0.4) is 0 Å². The minimum atomic E-state index is -3.67. The molecule has 3 atom stereocenters. The van der Waals surface area contributed by atoms with Gasteiger partial charge in [0.05, 0.1) is 17.1 Å². The van der Waals surface area contributed by atoms with E-state index in [1.54, 1.807) is 37.8 Å². The summed E-state index contributed by atoms with van der Waals surface area (Å²) in [7, 11) is -3.67. The number of ether oxygens (including phenoxy) is 2. The van der Waals surface area contributed by atoms with E-state index in [1.165, 1.54) is 16.4 Å². The molecule has 0 radical (unpaired) electrons. The van der Waals surface area contributed by atoms with Crippen LogP contribution in [0.15, 0.2) is 29.2 Å². The van der Waals surface area contributed by atoms with Crippen LogP contribution in [0, 0.1) is 0 Å². The molecule has 3 unspecified atom stereocenters. The SMILES string of the molecule is CC1CN(S(=O)(=O)c2ccc(C(=O)N3CCCCC3CNC(=O)OC(C)(C)C)cc2)CC(C)O1. The van der Waals surface area contributed by atoms with E-state index >= 15 is 0 Å². The van der Waals surface area contributed by atoms with E-state index in [-0.39, 0.29) is 29.1 Å². The number of likely N-dealkylation sites (tertiary alicyclic amines) is 1. The van der Waals surface area contributed by atoms with Gasteiger partial charge in [0.2, 0.25) is 10.0 Å². The number of morpholine rings is 1. The zero-order chi connectivity index (χ0) is 25.1. The Morgan fingerprint density at radius 3 is 2.29 bits per heavy atom. The first kappa shape index (κ1) is 26.4. The van der Waals surface area contributed by atoms with Gasteiger partial charge < -0.3 is 19.7 Å². The Labute approximate surface area is 202 Å². The Hall–Kier alpha value is -2.17. The Morgan fingerprint density at radius 2 is 1.71 bits per heavy atom. The highest BCUT2D eigenvalue weighted by Gasteiger charge is 2.33. The summed E-state index contributed by atoms with van der Waals surface area (Å²) in [5.41, 5.74) is -0.169. The molecule has 9 nitrogen and oxygen atoms in total. The number of rotatable bonds is 5. The normalized spacial score (nSPS) is 24.5. The summed E-state index contributed by atoms with van der Waals surface area (Å²) in [6, 6.07) is 5.97. The van der Waals surface area contributed by atoms with E-state index in [4.69, 9.17) is 9.47 Å². The molecule has 2 aliphatic heterocycles. The van der Waals surface area contributed by atoms with Crippen molar-refractivity contribution < 1.29 is 27.5 Å². The molecule has 1 aromatic rings. The van der Waals surface area contributed by atoms with Gasteiger partial charge in [0.1, 0.15) is 5.60 Å². The van der Waals surface area contributed by atoms with E-state index in [2.05, 4.69) is 5.32 Å². The predicted octanol–water partition coefficient (Wildman–Crippen LogP) is 3.00. The first-order chi connectivity index (χ1) is 15.9. The fraction of sp³-hybridized carbons (Fsp3) is 0.667. The molecule has 2 saturated heterocycles. The highest BCUT2D eigenvalue weighted by atomic mass is 32.2. The minimum Gasteiger partial charge on any atom is -0.444 e. The predicted molar refractivity (Wildman–Crippen MR) is 128 cm³/mol. The van der Waals surface area contributed by atoms with Crippen LogP contribution in [0.5, 0.6) is 0 Å². The Kier molecular flexibility index (Phi) is 8.26. The quantitative estimate of drug-likeness (QED) is 0.673. The average Bonchev–Trinajstić information content (AvgIpc) is 2.75. The Bertz CT molecular complexity index is 963. The monoisotopic (exact) mass is 495 g/mol. The first-order valence-electron chi connectivity index (χ1n) is 11.9. The number of nitrogens with zero attached hydrogens (tertiary/aromatic N) is 2. The summed E-state index contributed by atoms with van der Waals surface area (Å²) in [6.07, 6.45) is 1.77. The summed E-state index contributed by atoms with van der Waals surface area (Å²) in [4.78, 5) is 27.2. The topological polar surface area (TPSA) is 105 Å². The van der Waals surface area contributed by atoms with Gasteiger partial charge in [-0.25, -0.2) is 13.2 Å². The van der Waals surface area contributed by atoms with E-state index in [9.17, 15) is 18.0 Å². The van der Waals surface area contributed by atoms with Gasteiger partial charge in [-0.3, -0.25) is 4.79 Å². The van der Waals surface area contributed by atoms with Gasteiger partial charge in [0.15, 0.2) is 0 Å². The fourth-order valence-corrected chi connectivity index (χ4v) is 6.00. The van der Waals surface area contributed by atoms with E-state index in [0.29, 0.717) is 31.7 Å². The molecule has 0 spiro atoms. The fourth-order valence-electron chi connectivity index (χ4n) is 4.41. The third-order valence-electron chi connectivity index (χ3n) is 5.89. The number of benzene rings is 1. The number of alkyl carbamates (subject to hydrolysis) is 1. The third-order valence-corrected chi connectivity index (χ3v) is 7.74. The van der Waals surface area contributed by atoms with Gasteiger partial charge in [-0.15, -0.1) is 0 Å². The van der Waals surface area contributed by atoms with Gasteiger partial charge in [0, 0.05) is 37.8 Å². The molecule has 34 heavy (non-hydrogen) atoms. The summed E-state index contributed by atoms with van der Waals surface area (Å²) < 4.78 is 38.5. The van der Waals surface area contributed by atoms with Crippen LogP contribution >= 0.6 is 0 Å². The number of amides is 2. The van der Waals surface area contributed by atoms with Crippen LogP contribution in [0.1, 0.15) is 64.2 Å². The smallest absolute Gasteiger partial charge is 0.407 e. The summed E-state index contributed by atoms with van der Waals surface area (Å²) in [5.74, 6) is -0.173. The van der Waals surface area contributed by atoms with Crippen molar-refractivity contribution in [3.8, 4) is 0 Å². The molecule has 2 fully saturated rings. The highest BCUT2D eigenvalue weighted by molar-refractivity contribution is 7.89.